The van der Waals surface area contributed by atoms with Gasteiger partial charge in [-0.15, -0.1) is 0 Å². The molecular weight excluding hydrogens is 402 g/mol. The maximum atomic E-state index is 12.1. The third kappa shape index (κ3) is 8.57. The van der Waals surface area contributed by atoms with Gasteiger partial charge < -0.3 is 20.1 Å². The van der Waals surface area contributed by atoms with Crippen LogP contribution < -0.4 is 16.0 Å². The number of nitrogens with one attached hydrogen (secondary N) is 3. The second kappa shape index (κ2) is 12.0. The maximum absolute atomic E-state index is 12.1. The minimum Gasteiger partial charge on any atom is -0.445 e. The number of hydrogen-bond donors (Lipinski definition) is 3. The van der Waals surface area contributed by atoms with Gasteiger partial charge in [0.1, 0.15) is 25.3 Å². The van der Waals surface area contributed by atoms with Crippen molar-refractivity contribution in [2.45, 2.75) is 39.1 Å². The molecule has 0 aromatic heterocycles. The van der Waals surface area contributed by atoms with Crippen LogP contribution in [0.1, 0.15) is 25.0 Å². The third-order valence-electron chi connectivity index (χ3n) is 4.13. The molecule has 0 saturated heterocycles. The Hall–Kier alpha value is -3.88. The Labute approximate surface area is 180 Å². The molecule has 0 heterocycles. The molecule has 0 unspecified atom stereocenters. The van der Waals surface area contributed by atoms with Crippen LogP contribution in [0, 0.1) is 0 Å². The quantitative estimate of drug-likeness (QED) is 0.594. The first-order valence-corrected chi connectivity index (χ1v) is 9.64. The Morgan fingerprint density at radius 1 is 0.677 bits per heavy atom. The molecule has 0 aliphatic carbocycles. The molecule has 0 radical (unpaired) electrons. The van der Waals surface area contributed by atoms with Gasteiger partial charge in [0.05, 0.1) is 0 Å². The van der Waals surface area contributed by atoms with E-state index in [0.29, 0.717) is 0 Å². The summed E-state index contributed by atoms with van der Waals surface area (Å²) in [5.41, 5.74) is 1.59. The molecule has 4 amide bonds. The van der Waals surface area contributed by atoms with E-state index in [1.165, 1.54) is 13.8 Å². The van der Waals surface area contributed by atoms with Crippen molar-refractivity contribution in [1.29, 1.82) is 0 Å². The average Bonchev–Trinajstić information content (AvgIpc) is 2.77. The molecule has 2 aromatic rings. The van der Waals surface area contributed by atoms with Crippen molar-refractivity contribution in [3.8, 4) is 0 Å². The minimum atomic E-state index is -1.02. The molecule has 0 bridgehead atoms. The van der Waals surface area contributed by atoms with E-state index in [-0.39, 0.29) is 13.2 Å². The fourth-order valence-electron chi connectivity index (χ4n) is 2.35. The van der Waals surface area contributed by atoms with Crippen LogP contribution in [-0.4, -0.2) is 36.1 Å². The van der Waals surface area contributed by atoms with Gasteiger partial charge in [-0.3, -0.25) is 14.9 Å². The van der Waals surface area contributed by atoms with Crippen molar-refractivity contribution >= 4 is 24.0 Å². The normalized spacial score (nSPS) is 12.1. The molecule has 31 heavy (non-hydrogen) atoms. The van der Waals surface area contributed by atoms with Crippen LogP contribution in [0.3, 0.4) is 0 Å². The summed E-state index contributed by atoms with van der Waals surface area (Å²) in [5, 5.41) is 6.79. The molecule has 2 atom stereocenters. The molecular formula is C22H25N3O6. The molecule has 9 nitrogen and oxygen atoms in total. The molecule has 0 aliphatic rings. The lowest BCUT2D eigenvalue weighted by Crippen LogP contribution is -2.52. The standard InChI is InChI=1S/C22H25N3O6/c1-15(23-21(28)30-13-17-9-5-3-6-10-17)19(26)25-20(27)16(2)24-22(29)31-14-18-11-7-4-8-12-18/h3-12,15-16H,13-14H2,1-2H3,(H,23,28)(H,24,29)(H,25,26,27)/t15-,16-/m0/s1. The molecule has 0 spiro atoms. The lowest BCUT2D eigenvalue weighted by molar-refractivity contribution is -0.132. The lowest BCUT2D eigenvalue weighted by Gasteiger charge is -2.16. The van der Waals surface area contributed by atoms with Gasteiger partial charge in [0.15, 0.2) is 0 Å². The van der Waals surface area contributed by atoms with Gasteiger partial charge in [-0.05, 0) is 25.0 Å². The minimum absolute atomic E-state index is 0.0476. The second-order valence-electron chi connectivity index (χ2n) is 6.71. The van der Waals surface area contributed by atoms with E-state index in [1.807, 2.05) is 36.4 Å². The Bertz CT molecular complexity index is 815. The summed E-state index contributed by atoms with van der Waals surface area (Å²) in [6, 6.07) is 16.0. The molecule has 9 heteroatoms. The van der Waals surface area contributed by atoms with Gasteiger partial charge >= 0.3 is 12.2 Å². The predicted molar refractivity (Wildman–Crippen MR) is 112 cm³/mol. The number of rotatable bonds is 8. The fraction of sp³-hybridized carbons (Fsp3) is 0.273. The number of benzene rings is 2. The summed E-state index contributed by atoms with van der Waals surface area (Å²) in [7, 11) is 0. The summed E-state index contributed by atoms with van der Waals surface area (Å²) >= 11 is 0. The van der Waals surface area contributed by atoms with E-state index >= 15 is 0 Å². The van der Waals surface area contributed by atoms with Crippen molar-refractivity contribution in [2.24, 2.45) is 0 Å². The summed E-state index contributed by atoms with van der Waals surface area (Å²) in [5.74, 6) is -1.49. The smallest absolute Gasteiger partial charge is 0.408 e. The summed E-state index contributed by atoms with van der Waals surface area (Å²) in [6.45, 7) is 2.90. The van der Waals surface area contributed by atoms with Crippen molar-refractivity contribution < 1.29 is 28.7 Å². The first-order valence-electron chi connectivity index (χ1n) is 9.64. The first-order chi connectivity index (χ1) is 14.8. The van der Waals surface area contributed by atoms with Crippen LogP contribution >= 0.6 is 0 Å². The van der Waals surface area contributed by atoms with Crippen molar-refractivity contribution in [3.63, 3.8) is 0 Å². The fourth-order valence-corrected chi connectivity index (χ4v) is 2.35. The zero-order valence-electron chi connectivity index (χ0n) is 17.3. The molecule has 0 aliphatic heterocycles. The average molecular weight is 427 g/mol. The van der Waals surface area contributed by atoms with Gasteiger partial charge in [0, 0.05) is 0 Å². The molecule has 3 N–H and O–H groups in total. The second-order valence-corrected chi connectivity index (χ2v) is 6.71. The Balaban J connectivity index is 1.69. The number of imide groups is 1. The summed E-state index contributed by atoms with van der Waals surface area (Å²) < 4.78 is 10.1. The van der Waals surface area contributed by atoms with E-state index in [9.17, 15) is 19.2 Å². The van der Waals surface area contributed by atoms with Crippen LogP contribution in [-0.2, 0) is 32.3 Å². The largest absolute Gasteiger partial charge is 0.445 e. The highest BCUT2D eigenvalue weighted by Crippen LogP contribution is 2.02. The third-order valence-corrected chi connectivity index (χ3v) is 4.13. The van der Waals surface area contributed by atoms with Crippen LogP contribution in [0.2, 0.25) is 0 Å². The number of hydrogen-bond acceptors (Lipinski definition) is 6. The van der Waals surface area contributed by atoms with E-state index in [1.54, 1.807) is 24.3 Å². The van der Waals surface area contributed by atoms with Gasteiger partial charge in [0.2, 0.25) is 11.8 Å². The lowest BCUT2D eigenvalue weighted by atomic mass is 10.2. The monoisotopic (exact) mass is 427 g/mol. The topological polar surface area (TPSA) is 123 Å². The van der Waals surface area contributed by atoms with Crippen LogP contribution in [0.25, 0.3) is 0 Å². The molecule has 2 rings (SSSR count). The molecule has 0 fully saturated rings. The SMILES string of the molecule is C[C@H](NC(=O)OCc1ccccc1)C(=O)NC(=O)[C@H](C)NC(=O)OCc1ccccc1. The van der Waals surface area contributed by atoms with Gasteiger partial charge in [-0.2, -0.15) is 0 Å². The summed E-state index contributed by atoms with van der Waals surface area (Å²) in [6.07, 6.45) is -1.59. The van der Waals surface area contributed by atoms with Crippen molar-refractivity contribution in [3.05, 3.63) is 71.8 Å². The van der Waals surface area contributed by atoms with Crippen LogP contribution in [0.15, 0.2) is 60.7 Å². The van der Waals surface area contributed by atoms with E-state index in [2.05, 4.69) is 16.0 Å². The highest BCUT2D eigenvalue weighted by atomic mass is 16.6. The maximum Gasteiger partial charge on any atom is 0.408 e. The molecule has 2 aromatic carbocycles. The highest BCUT2D eigenvalue weighted by molar-refractivity contribution is 6.01. The zero-order chi connectivity index (χ0) is 22.6. The van der Waals surface area contributed by atoms with E-state index in [0.717, 1.165) is 11.1 Å². The zero-order valence-corrected chi connectivity index (χ0v) is 17.3. The predicted octanol–water partition coefficient (Wildman–Crippen LogP) is 2.26. The summed E-state index contributed by atoms with van der Waals surface area (Å²) in [4.78, 5) is 47.9. The Morgan fingerprint density at radius 2 is 1.03 bits per heavy atom. The first kappa shape index (κ1) is 23.4. The number of ether oxygens (including phenoxy) is 2. The van der Waals surface area contributed by atoms with Crippen LogP contribution in [0.4, 0.5) is 9.59 Å². The van der Waals surface area contributed by atoms with Crippen LogP contribution in [0.5, 0.6) is 0 Å². The highest BCUT2D eigenvalue weighted by Gasteiger charge is 2.23. The van der Waals surface area contributed by atoms with E-state index < -0.39 is 36.1 Å². The van der Waals surface area contributed by atoms with Crippen molar-refractivity contribution in [1.82, 2.24) is 16.0 Å². The van der Waals surface area contributed by atoms with Gasteiger partial charge in [-0.25, -0.2) is 9.59 Å². The molecule has 164 valence electrons. The van der Waals surface area contributed by atoms with E-state index in [4.69, 9.17) is 9.47 Å². The number of amides is 4. The number of carbonyl (C=O) groups is 4. The Morgan fingerprint density at radius 3 is 1.39 bits per heavy atom. The molecule has 0 saturated carbocycles. The van der Waals surface area contributed by atoms with Gasteiger partial charge in [0.25, 0.3) is 0 Å². The Kier molecular flexibility index (Phi) is 9.03. The number of alkyl carbamates (subject to hydrolysis) is 2. The number of carbonyl (C=O) groups excluding carboxylic acids is 4. The van der Waals surface area contributed by atoms with Gasteiger partial charge in [-0.1, -0.05) is 60.7 Å². The van der Waals surface area contributed by atoms with Crippen molar-refractivity contribution in [2.75, 3.05) is 0 Å².